The highest BCUT2D eigenvalue weighted by Gasteiger charge is 2.27. The number of unbranched alkanes of at least 4 members (excludes halogenated alkanes) is 35. The fourth-order valence-electron chi connectivity index (χ4n) is 9.14. The van der Waals surface area contributed by atoms with Gasteiger partial charge in [-0.2, -0.15) is 0 Å². The standard InChI is InChI=1S/C66H123N2O6P/c1-6-8-10-12-14-16-18-20-22-24-26-28-30-32-33-34-35-36-38-40-42-44-46-48-50-52-54-56-58-60-66(70)67-64(63-74-75(71,72)73-62-61-68(3,4)5)65(69)59-57-55-53-51-49-47-45-43-41-39-37-31-29-27-25-23-21-19-17-15-13-11-9-7-2/h18,20,24,26,30,32,41,43,49,51,57,59,64-65,69H,6-17,19,21-23,25,27-29,31,33-40,42,44-48,50,52-56,58,60-63H2,1-5H3,(H-,67,70,71,72)/p+1/b20-18-,26-24-,32-30-,43-41+,51-49+,59-57+. The van der Waals surface area contributed by atoms with Crippen molar-refractivity contribution in [3.8, 4) is 0 Å². The Kier molecular flexibility index (Phi) is 55.1. The minimum atomic E-state index is -4.37. The van der Waals surface area contributed by atoms with E-state index in [1.165, 1.54) is 212 Å². The van der Waals surface area contributed by atoms with Gasteiger partial charge in [0.1, 0.15) is 13.2 Å². The highest BCUT2D eigenvalue weighted by Crippen LogP contribution is 2.43. The first kappa shape index (κ1) is 72.9. The van der Waals surface area contributed by atoms with Crippen LogP contribution in [0.3, 0.4) is 0 Å². The second-order valence-corrected chi connectivity index (χ2v) is 24.2. The van der Waals surface area contributed by atoms with E-state index in [2.05, 4.69) is 79.9 Å². The smallest absolute Gasteiger partial charge is 0.387 e. The van der Waals surface area contributed by atoms with E-state index < -0.39 is 20.0 Å². The molecule has 0 rings (SSSR count). The Morgan fingerprint density at radius 3 is 1.16 bits per heavy atom. The van der Waals surface area contributed by atoms with E-state index in [9.17, 15) is 19.4 Å². The molecule has 75 heavy (non-hydrogen) atoms. The van der Waals surface area contributed by atoms with Crippen LogP contribution in [0.25, 0.3) is 0 Å². The molecule has 0 heterocycles. The predicted octanol–water partition coefficient (Wildman–Crippen LogP) is 19.8. The summed E-state index contributed by atoms with van der Waals surface area (Å²) in [5.74, 6) is -0.191. The summed E-state index contributed by atoms with van der Waals surface area (Å²) < 4.78 is 23.7. The van der Waals surface area contributed by atoms with Crippen LogP contribution < -0.4 is 5.32 Å². The van der Waals surface area contributed by atoms with Gasteiger partial charge in [-0.3, -0.25) is 13.8 Å². The van der Waals surface area contributed by atoms with Crippen LogP contribution in [0.2, 0.25) is 0 Å². The molecule has 3 N–H and O–H groups in total. The van der Waals surface area contributed by atoms with Gasteiger partial charge in [0.15, 0.2) is 0 Å². The number of hydrogen-bond donors (Lipinski definition) is 3. The Bertz CT molecular complexity index is 1450. The molecule has 0 fully saturated rings. The second-order valence-electron chi connectivity index (χ2n) is 22.8. The molecule has 0 saturated carbocycles. The van der Waals surface area contributed by atoms with Crippen LogP contribution in [-0.4, -0.2) is 73.4 Å². The SMILES string of the molecule is CCCCCCC/C=C\C/C=C\C/C=C\CCCCCCCCCCCCCCCCC(=O)NC(COP(=O)(O)OCC[N+](C)(C)C)C(O)/C=C/CC/C=C/CC/C=C/CCCCCCCCCCCCCCCC. The van der Waals surface area contributed by atoms with Crippen LogP contribution in [0.15, 0.2) is 72.9 Å². The van der Waals surface area contributed by atoms with E-state index in [0.717, 1.165) is 57.8 Å². The third kappa shape index (κ3) is 59.4. The van der Waals surface area contributed by atoms with Gasteiger partial charge < -0.3 is 19.8 Å². The van der Waals surface area contributed by atoms with Crippen LogP contribution >= 0.6 is 7.82 Å². The number of rotatable bonds is 58. The quantitative estimate of drug-likeness (QED) is 0.0243. The number of hydrogen-bond acceptors (Lipinski definition) is 5. The maximum atomic E-state index is 13.0. The maximum Gasteiger partial charge on any atom is 0.472 e. The lowest BCUT2D eigenvalue weighted by molar-refractivity contribution is -0.870. The van der Waals surface area contributed by atoms with Crippen LogP contribution in [-0.2, 0) is 18.4 Å². The number of nitrogens with zero attached hydrogens (tertiary/aromatic N) is 1. The van der Waals surface area contributed by atoms with Crippen molar-refractivity contribution in [2.75, 3.05) is 40.9 Å². The van der Waals surface area contributed by atoms with E-state index in [1.807, 2.05) is 27.2 Å². The lowest BCUT2D eigenvalue weighted by atomic mass is 10.0. The van der Waals surface area contributed by atoms with Gasteiger partial charge in [-0.25, -0.2) is 4.57 Å². The zero-order chi connectivity index (χ0) is 54.9. The molecule has 438 valence electrons. The summed E-state index contributed by atoms with van der Waals surface area (Å²) in [5.41, 5.74) is 0. The summed E-state index contributed by atoms with van der Waals surface area (Å²) in [6, 6.07) is -0.874. The van der Waals surface area contributed by atoms with Crippen LogP contribution in [0.5, 0.6) is 0 Å². The van der Waals surface area contributed by atoms with Gasteiger partial charge in [0, 0.05) is 6.42 Å². The Balaban J connectivity index is 4.21. The third-order valence-electron chi connectivity index (χ3n) is 14.1. The first-order valence-corrected chi connectivity index (χ1v) is 33.3. The molecule has 0 aliphatic carbocycles. The van der Waals surface area contributed by atoms with Crippen molar-refractivity contribution in [2.45, 2.75) is 302 Å². The van der Waals surface area contributed by atoms with Gasteiger partial charge in [-0.15, -0.1) is 0 Å². The molecule has 3 atom stereocenters. The number of aliphatic hydroxyl groups excluding tert-OH is 1. The molecule has 0 aromatic heterocycles. The number of aliphatic hydroxyl groups is 1. The molecular weight excluding hydrogens is 948 g/mol. The molecule has 0 aliphatic heterocycles. The number of nitrogens with one attached hydrogen (secondary N) is 1. The number of phosphoric ester groups is 1. The molecule has 0 aromatic rings. The zero-order valence-electron chi connectivity index (χ0n) is 50.0. The summed E-state index contributed by atoms with van der Waals surface area (Å²) in [7, 11) is 1.55. The molecule has 9 heteroatoms. The molecule has 1 amide bonds. The summed E-state index contributed by atoms with van der Waals surface area (Å²) >= 11 is 0. The Hall–Kier alpha value is -2.06. The molecule has 0 bridgehead atoms. The number of likely N-dealkylation sites (N-methyl/N-ethyl adjacent to an activating group) is 1. The topological polar surface area (TPSA) is 105 Å². The van der Waals surface area contributed by atoms with Gasteiger partial charge in [0.05, 0.1) is 39.9 Å². The number of carbonyl (C=O) groups excluding carboxylic acids is 1. The van der Waals surface area contributed by atoms with Crippen LogP contribution in [0.1, 0.15) is 290 Å². The first-order valence-electron chi connectivity index (χ1n) is 31.8. The largest absolute Gasteiger partial charge is 0.472 e. The van der Waals surface area contributed by atoms with Crippen molar-refractivity contribution >= 4 is 13.7 Å². The first-order chi connectivity index (χ1) is 36.5. The van der Waals surface area contributed by atoms with Crippen molar-refractivity contribution in [3.05, 3.63) is 72.9 Å². The average Bonchev–Trinajstić information content (AvgIpc) is 3.37. The number of allylic oxidation sites excluding steroid dienone is 11. The summed E-state index contributed by atoms with van der Waals surface area (Å²) in [5, 5.41) is 13.9. The second kappa shape index (κ2) is 56.7. The van der Waals surface area contributed by atoms with Gasteiger partial charge in [0.25, 0.3) is 0 Å². The Morgan fingerprint density at radius 2 is 0.773 bits per heavy atom. The highest BCUT2D eigenvalue weighted by atomic mass is 31.2. The molecular formula is C66H124N2O6P+. The number of amides is 1. The van der Waals surface area contributed by atoms with Crippen molar-refractivity contribution in [3.63, 3.8) is 0 Å². The normalized spacial score (nSPS) is 14.3. The van der Waals surface area contributed by atoms with E-state index in [0.29, 0.717) is 17.4 Å². The molecule has 8 nitrogen and oxygen atoms in total. The van der Waals surface area contributed by atoms with Gasteiger partial charge in [0.2, 0.25) is 5.91 Å². The fourth-order valence-corrected chi connectivity index (χ4v) is 9.88. The molecule has 0 saturated heterocycles. The molecule has 0 spiro atoms. The third-order valence-corrected chi connectivity index (χ3v) is 15.1. The van der Waals surface area contributed by atoms with E-state index in [-0.39, 0.29) is 19.1 Å². The maximum absolute atomic E-state index is 13.0. The van der Waals surface area contributed by atoms with Crippen LogP contribution in [0.4, 0.5) is 0 Å². The highest BCUT2D eigenvalue weighted by molar-refractivity contribution is 7.47. The summed E-state index contributed by atoms with van der Waals surface area (Å²) in [6.07, 6.45) is 78.8. The van der Waals surface area contributed by atoms with E-state index >= 15 is 0 Å². The molecule has 0 aromatic carbocycles. The predicted molar refractivity (Wildman–Crippen MR) is 327 cm³/mol. The monoisotopic (exact) mass is 1070 g/mol. The van der Waals surface area contributed by atoms with Crippen molar-refractivity contribution in [2.24, 2.45) is 0 Å². The minimum absolute atomic E-state index is 0.0515. The van der Waals surface area contributed by atoms with Crippen molar-refractivity contribution in [1.29, 1.82) is 0 Å². The molecule has 0 aliphatic rings. The zero-order valence-corrected chi connectivity index (χ0v) is 50.9. The number of carbonyl (C=O) groups is 1. The number of phosphoric acid groups is 1. The molecule has 3 unspecified atom stereocenters. The number of quaternary nitrogens is 1. The summed E-state index contributed by atoms with van der Waals surface area (Å²) in [4.78, 5) is 23.4. The van der Waals surface area contributed by atoms with Crippen molar-refractivity contribution in [1.82, 2.24) is 5.32 Å². The lowest BCUT2D eigenvalue weighted by Crippen LogP contribution is -2.45. The van der Waals surface area contributed by atoms with Crippen molar-refractivity contribution < 1.29 is 32.9 Å². The average molecular weight is 1070 g/mol. The Labute approximate surface area is 465 Å². The minimum Gasteiger partial charge on any atom is -0.387 e. The van der Waals surface area contributed by atoms with Crippen LogP contribution in [0, 0.1) is 0 Å². The van der Waals surface area contributed by atoms with Gasteiger partial charge in [-0.05, 0) is 83.5 Å². The van der Waals surface area contributed by atoms with E-state index in [1.54, 1.807) is 6.08 Å². The molecule has 0 radical (unpaired) electrons. The van der Waals surface area contributed by atoms with Gasteiger partial charge in [-0.1, -0.05) is 273 Å². The van der Waals surface area contributed by atoms with E-state index in [4.69, 9.17) is 9.05 Å². The Morgan fingerprint density at radius 1 is 0.453 bits per heavy atom. The fraction of sp³-hybridized carbons (Fsp3) is 0.803. The van der Waals surface area contributed by atoms with Gasteiger partial charge >= 0.3 is 7.82 Å². The summed E-state index contributed by atoms with van der Waals surface area (Å²) in [6.45, 7) is 4.80. The lowest BCUT2D eigenvalue weighted by Gasteiger charge is -2.25.